The highest BCUT2D eigenvalue weighted by molar-refractivity contribution is 6.07. The van der Waals surface area contributed by atoms with Crippen LogP contribution in [0.2, 0.25) is 0 Å². The molecule has 2 aromatic heterocycles. The molecule has 30 heavy (non-hydrogen) atoms. The third-order valence-electron chi connectivity index (χ3n) is 4.98. The van der Waals surface area contributed by atoms with Crippen molar-refractivity contribution in [2.45, 2.75) is 6.54 Å². The predicted molar refractivity (Wildman–Crippen MR) is 119 cm³/mol. The number of nitrogens with zero attached hydrogens (tertiary/aromatic N) is 2. The van der Waals surface area contributed by atoms with E-state index < -0.39 is 0 Å². The number of fused-ring (bicyclic) bond motifs is 3. The monoisotopic (exact) mass is 390 g/mol. The molecule has 0 atom stereocenters. The topological polar surface area (TPSA) is 73.7 Å². The Morgan fingerprint density at radius 1 is 0.867 bits per heavy atom. The van der Waals surface area contributed by atoms with E-state index in [4.69, 9.17) is 10.00 Å². The normalized spacial score (nSPS) is 10.8. The smallest absolute Gasteiger partial charge is 0.127 e. The molecule has 5 aromatic rings. The van der Waals surface area contributed by atoms with Gasteiger partial charge in [0.25, 0.3) is 0 Å². The van der Waals surface area contributed by atoms with Crippen molar-refractivity contribution in [3.05, 3.63) is 96.2 Å². The van der Waals surface area contributed by atoms with Gasteiger partial charge in [-0.1, -0.05) is 30.3 Å². The molecular formula is C25H18N4O. The molecule has 0 radical (unpaired) electrons. The number of aromatic amines is 1. The van der Waals surface area contributed by atoms with E-state index in [1.54, 1.807) is 24.3 Å². The number of para-hydroxylation sites is 1. The fourth-order valence-corrected chi connectivity index (χ4v) is 3.49. The summed E-state index contributed by atoms with van der Waals surface area (Å²) in [6.07, 6.45) is 1.86. The molecule has 2 heterocycles. The number of pyridine rings is 1. The third-order valence-corrected chi connectivity index (χ3v) is 4.98. The first-order chi connectivity index (χ1) is 14.8. The molecule has 5 heteroatoms. The summed E-state index contributed by atoms with van der Waals surface area (Å²) in [4.78, 5) is 7.92. The van der Waals surface area contributed by atoms with Crippen LogP contribution in [0.15, 0.2) is 85.1 Å². The summed E-state index contributed by atoms with van der Waals surface area (Å²) in [5.41, 5.74) is 3.83. The summed E-state index contributed by atoms with van der Waals surface area (Å²) in [6, 6.07) is 27.4. The van der Waals surface area contributed by atoms with Crippen molar-refractivity contribution in [3.8, 4) is 17.6 Å². The summed E-state index contributed by atoms with van der Waals surface area (Å²) in [6.45, 7) is 0.630. The number of hydrogen-bond donors (Lipinski definition) is 2. The third kappa shape index (κ3) is 3.54. The molecule has 0 fully saturated rings. The molecule has 5 nitrogen and oxygen atoms in total. The largest absolute Gasteiger partial charge is 0.457 e. The first-order valence-corrected chi connectivity index (χ1v) is 9.66. The van der Waals surface area contributed by atoms with Crippen molar-refractivity contribution < 1.29 is 4.74 Å². The standard InChI is InChI=1S/C25H18N4O/c26-14-17-8-10-19(11-9-17)30-20-5-3-4-18(12-20)15-27-25-13-22-21-6-1-2-7-23(21)29-24(22)16-28-25/h1-13,16,29H,15H2,(H,27,28). The molecule has 0 aliphatic heterocycles. The molecule has 0 saturated carbocycles. The van der Waals surface area contributed by atoms with E-state index in [9.17, 15) is 0 Å². The van der Waals surface area contributed by atoms with E-state index in [0.717, 1.165) is 33.6 Å². The lowest BCUT2D eigenvalue weighted by Crippen LogP contribution is -2.01. The number of H-pyrrole nitrogens is 1. The van der Waals surface area contributed by atoms with Gasteiger partial charge < -0.3 is 15.0 Å². The lowest BCUT2D eigenvalue weighted by molar-refractivity contribution is 0.482. The van der Waals surface area contributed by atoms with Crippen molar-refractivity contribution in [3.63, 3.8) is 0 Å². The highest BCUT2D eigenvalue weighted by Gasteiger charge is 2.06. The van der Waals surface area contributed by atoms with Crippen LogP contribution in [0.1, 0.15) is 11.1 Å². The van der Waals surface area contributed by atoms with Crippen molar-refractivity contribution >= 4 is 27.6 Å². The van der Waals surface area contributed by atoms with E-state index in [1.165, 1.54) is 5.39 Å². The highest BCUT2D eigenvalue weighted by Crippen LogP contribution is 2.27. The SMILES string of the molecule is N#Cc1ccc(Oc2cccc(CNc3cc4c(cn3)[nH]c3ccccc34)c2)cc1. The number of aromatic nitrogens is 2. The van der Waals surface area contributed by atoms with E-state index in [-0.39, 0.29) is 0 Å². The van der Waals surface area contributed by atoms with Crippen molar-refractivity contribution in [1.82, 2.24) is 9.97 Å². The van der Waals surface area contributed by atoms with Gasteiger partial charge in [0.1, 0.15) is 17.3 Å². The lowest BCUT2D eigenvalue weighted by atomic mass is 10.2. The van der Waals surface area contributed by atoms with E-state index >= 15 is 0 Å². The Bertz CT molecular complexity index is 1380. The van der Waals surface area contributed by atoms with Crippen LogP contribution >= 0.6 is 0 Å². The Labute approximate surface area is 173 Å². The van der Waals surface area contributed by atoms with Crippen LogP contribution in [0.25, 0.3) is 21.8 Å². The average molecular weight is 390 g/mol. The molecule has 0 unspecified atom stereocenters. The number of rotatable bonds is 5. The number of ether oxygens (including phenoxy) is 1. The van der Waals surface area contributed by atoms with Crippen LogP contribution in [0.4, 0.5) is 5.82 Å². The predicted octanol–water partition coefficient (Wildman–Crippen LogP) is 5.99. The Morgan fingerprint density at radius 3 is 2.60 bits per heavy atom. The molecule has 0 spiro atoms. The number of anilines is 1. The fourth-order valence-electron chi connectivity index (χ4n) is 3.49. The van der Waals surface area contributed by atoms with Gasteiger partial charge in [-0.2, -0.15) is 5.26 Å². The van der Waals surface area contributed by atoms with Gasteiger partial charge in [0, 0.05) is 22.8 Å². The van der Waals surface area contributed by atoms with Crippen LogP contribution in [0.5, 0.6) is 11.5 Å². The average Bonchev–Trinajstić information content (AvgIpc) is 3.16. The minimum Gasteiger partial charge on any atom is -0.457 e. The van der Waals surface area contributed by atoms with Gasteiger partial charge >= 0.3 is 0 Å². The number of nitrogens with one attached hydrogen (secondary N) is 2. The minimum absolute atomic E-state index is 0.611. The van der Waals surface area contributed by atoms with Gasteiger partial charge in [0.2, 0.25) is 0 Å². The minimum atomic E-state index is 0.611. The Morgan fingerprint density at radius 2 is 1.73 bits per heavy atom. The fraction of sp³-hybridized carbons (Fsp3) is 0.0400. The maximum absolute atomic E-state index is 8.90. The van der Waals surface area contributed by atoms with E-state index in [2.05, 4.69) is 39.6 Å². The molecule has 0 bridgehead atoms. The Balaban J connectivity index is 1.32. The zero-order valence-electron chi connectivity index (χ0n) is 16.1. The van der Waals surface area contributed by atoms with E-state index in [1.807, 2.05) is 42.6 Å². The summed E-state index contributed by atoms with van der Waals surface area (Å²) in [5.74, 6) is 2.27. The summed E-state index contributed by atoms with van der Waals surface area (Å²) >= 11 is 0. The highest BCUT2D eigenvalue weighted by atomic mass is 16.5. The van der Waals surface area contributed by atoms with Crippen molar-refractivity contribution in [2.75, 3.05) is 5.32 Å². The van der Waals surface area contributed by atoms with Gasteiger partial charge in [0.15, 0.2) is 0 Å². The molecular weight excluding hydrogens is 372 g/mol. The molecule has 3 aromatic carbocycles. The molecule has 0 aliphatic rings. The van der Waals surface area contributed by atoms with Gasteiger partial charge in [-0.05, 0) is 54.1 Å². The van der Waals surface area contributed by atoms with Crippen LogP contribution in [-0.4, -0.2) is 9.97 Å². The van der Waals surface area contributed by atoms with Gasteiger partial charge in [-0.25, -0.2) is 4.98 Å². The summed E-state index contributed by atoms with van der Waals surface area (Å²) < 4.78 is 5.91. The maximum atomic E-state index is 8.90. The van der Waals surface area contributed by atoms with Gasteiger partial charge in [-0.15, -0.1) is 0 Å². The second-order valence-corrected chi connectivity index (χ2v) is 7.02. The molecule has 144 valence electrons. The van der Waals surface area contributed by atoms with Crippen LogP contribution < -0.4 is 10.1 Å². The van der Waals surface area contributed by atoms with E-state index in [0.29, 0.717) is 17.9 Å². The summed E-state index contributed by atoms with van der Waals surface area (Å²) in [7, 11) is 0. The molecule has 0 amide bonds. The second kappa shape index (κ2) is 7.61. The van der Waals surface area contributed by atoms with Crippen LogP contribution in [0, 0.1) is 11.3 Å². The molecule has 2 N–H and O–H groups in total. The zero-order chi connectivity index (χ0) is 20.3. The first kappa shape index (κ1) is 17.8. The van der Waals surface area contributed by atoms with Crippen LogP contribution in [-0.2, 0) is 6.54 Å². The second-order valence-electron chi connectivity index (χ2n) is 7.02. The van der Waals surface area contributed by atoms with Crippen LogP contribution in [0.3, 0.4) is 0 Å². The van der Waals surface area contributed by atoms with Crippen molar-refractivity contribution in [2.24, 2.45) is 0 Å². The number of hydrogen-bond acceptors (Lipinski definition) is 4. The zero-order valence-corrected chi connectivity index (χ0v) is 16.1. The number of benzene rings is 3. The summed E-state index contributed by atoms with van der Waals surface area (Å²) in [5, 5.41) is 14.6. The quantitative estimate of drug-likeness (QED) is 0.386. The Kier molecular flexibility index (Phi) is 4.51. The Hall–Kier alpha value is -4.30. The molecule has 0 aliphatic carbocycles. The molecule has 0 saturated heterocycles. The van der Waals surface area contributed by atoms with Crippen molar-refractivity contribution in [1.29, 1.82) is 5.26 Å². The first-order valence-electron chi connectivity index (χ1n) is 9.66. The lowest BCUT2D eigenvalue weighted by Gasteiger charge is -2.09. The van der Waals surface area contributed by atoms with Gasteiger partial charge in [0.05, 0.1) is 23.3 Å². The molecule has 5 rings (SSSR count). The van der Waals surface area contributed by atoms with Gasteiger partial charge in [-0.3, -0.25) is 0 Å². The number of nitriles is 1. The maximum Gasteiger partial charge on any atom is 0.127 e.